The zero-order valence-electron chi connectivity index (χ0n) is 12.6. The van der Waals surface area contributed by atoms with Crippen molar-refractivity contribution in [3.63, 3.8) is 0 Å². The summed E-state index contributed by atoms with van der Waals surface area (Å²) in [5.74, 6) is 1.99. The van der Waals surface area contributed by atoms with Gasteiger partial charge in [0.15, 0.2) is 5.75 Å². The molecule has 4 nitrogen and oxygen atoms in total. The highest BCUT2D eigenvalue weighted by Gasteiger charge is 2.28. The lowest BCUT2D eigenvalue weighted by molar-refractivity contribution is 0.248. The zero-order valence-corrected chi connectivity index (χ0v) is 12.6. The molecule has 2 N–H and O–H groups in total. The molecular formula is C18H20N2O2. The molecule has 0 heterocycles. The van der Waals surface area contributed by atoms with Crippen LogP contribution in [0.4, 0.5) is 10.5 Å². The first-order valence-electron chi connectivity index (χ1n) is 7.62. The van der Waals surface area contributed by atoms with E-state index in [9.17, 15) is 4.79 Å². The molecule has 1 unspecified atom stereocenters. The van der Waals surface area contributed by atoms with Gasteiger partial charge in [-0.15, -0.1) is 0 Å². The van der Waals surface area contributed by atoms with E-state index in [1.165, 1.54) is 12.8 Å². The molecule has 0 bridgehead atoms. The molecule has 0 aliphatic heterocycles. The van der Waals surface area contributed by atoms with Gasteiger partial charge in [-0.3, -0.25) is 0 Å². The SMILES string of the molecule is CC(NC(=O)Nc1ccccc1Oc1ccccc1)C1CC1. The summed E-state index contributed by atoms with van der Waals surface area (Å²) in [6.45, 7) is 2.05. The fourth-order valence-electron chi connectivity index (χ4n) is 2.35. The Bertz CT molecular complexity index is 639. The first kappa shape index (κ1) is 14.4. The summed E-state index contributed by atoms with van der Waals surface area (Å²) >= 11 is 0. The van der Waals surface area contributed by atoms with Gasteiger partial charge in [-0.2, -0.15) is 0 Å². The highest BCUT2D eigenvalue weighted by molar-refractivity contribution is 5.91. The van der Waals surface area contributed by atoms with Gasteiger partial charge in [-0.25, -0.2) is 4.79 Å². The first-order valence-corrected chi connectivity index (χ1v) is 7.62. The maximum absolute atomic E-state index is 12.1. The van der Waals surface area contributed by atoms with E-state index in [1.54, 1.807) is 0 Å². The number of urea groups is 1. The van der Waals surface area contributed by atoms with Crippen LogP contribution in [0.3, 0.4) is 0 Å². The molecule has 1 aliphatic carbocycles. The summed E-state index contributed by atoms with van der Waals surface area (Å²) in [5.41, 5.74) is 0.659. The third-order valence-corrected chi connectivity index (χ3v) is 3.79. The Hall–Kier alpha value is -2.49. The molecule has 0 spiro atoms. The molecule has 2 aromatic carbocycles. The molecule has 3 rings (SSSR count). The third-order valence-electron chi connectivity index (χ3n) is 3.79. The van der Waals surface area contributed by atoms with Crippen molar-refractivity contribution in [2.24, 2.45) is 5.92 Å². The minimum absolute atomic E-state index is 0.191. The van der Waals surface area contributed by atoms with Crippen LogP contribution in [-0.4, -0.2) is 12.1 Å². The average molecular weight is 296 g/mol. The highest BCUT2D eigenvalue weighted by Crippen LogP contribution is 2.32. The van der Waals surface area contributed by atoms with E-state index in [-0.39, 0.29) is 12.1 Å². The van der Waals surface area contributed by atoms with Crippen LogP contribution in [0.1, 0.15) is 19.8 Å². The molecule has 0 radical (unpaired) electrons. The van der Waals surface area contributed by atoms with E-state index in [0.717, 1.165) is 5.75 Å². The maximum atomic E-state index is 12.1. The fourth-order valence-corrected chi connectivity index (χ4v) is 2.35. The van der Waals surface area contributed by atoms with Crippen LogP contribution in [0.5, 0.6) is 11.5 Å². The molecule has 1 fully saturated rings. The lowest BCUT2D eigenvalue weighted by atomic mass is 10.2. The number of para-hydroxylation sites is 3. The summed E-state index contributed by atoms with van der Waals surface area (Å²) in [5, 5.41) is 5.85. The molecule has 1 aliphatic rings. The van der Waals surface area contributed by atoms with Crippen molar-refractivity contribution in [1.29, 1.82) is 0 Å². The van der Waals surface area contributed by atoms with Crippen LogP contribution in [0.2, 0.25) is 0 Å². The maximum Gasteiger partial charge on any atom is 0.319 e. The van der Waals surface area contributed by atoms with Crippen molar-refractivity contribution in [2.45, 2.75) is 25.8 Å². The highest BCUT2D eigenvalue weighted by atomic mass is 16.5. The van der Waals surface area contributed by atoms with Crippen molar-refractivity contribution in [3.8, 4) is 11.5 Å². The van der Waals surface area contributed by atoms with Gasteiger partial charge in [0, 0.05) is 6.04 Å². The number of carbonyl (C=O) groups excluding carboxylic acids is 1. The van der Waals surface area contributed by atoms with Gasteiger partial charge in [-0.1, -0.05) is 30.3 Å². The number of rotatable bonds is 5. The van der Waals surface area contributed by atoms with E-state index in [0.29, 0.717) is 17.4 Å². The molecule has 0 aromatic heterocycles. The van der Waals surface area contributed by atoms with Gasteiger partial charge in [0.2, 0.25) is 0 Å². The second-order valence-corrected chi connectivity index (χ2v) is 5.64. The Kier molecular flexibility index (Phi) is 4.28. The topological polar surface area (TPSA) is 50.4 Å². The summed E-state index contributed by atoms with van der Waals surface area (Å²) in [4.78, 5) is 12.1. The standard InChI is InChI=1S/C18H20N2O2/c1-13(14-11-12-14)19-18(21)20-16-9-5-6-10-17(16)22-15-7-3-2-4-8-15/h2-10,13-14H,11-12H2,1H3,(H2,19,20,21). The van der Waals surface area contributed by atoms with Gasteiger partial charge >= 0.3 is 6.03 Å². The van der Waals surface area contributed by atoms with Crippen molar-refractivity contribution < 1.29 is 9.53 Å². The Morgan fingerprint density at radius 2 is 1.77 bits per heavy atom. The van der Waals surface area contributed by atoms with Crippen molar-refractivity contribution in [2.75, 3.05) is 5.32 Å². The predicted octanol–water partition coefficient (Wildman–Crippen LogP) is 4.40. The molecule has 2 amide bonds. The number of benzene rings is 2. The Balaban J connectivity index is 1.66. The molecule has 0 saturated heterocycles. The Morgan fingerprint density at radius 1 is 1.09 bits per heavy atom. The fraction of sp³-hybridized carbons (Fsp3) is 0.278. The molecule has 1 atom stereocenters. The normalized spacial score (nSPS) is 15.0. The van der Waals surface area contributed by atoms with E-state index in [2.05, 4.69) is 10.6 Å². The van der Waals surface area contributed by atoms with Gasteiger partial charge < -0.3 is 15.4 Å². The minimum atomic E-state index is -0.191. The number of hydrogen-bond donors (Lipinski definition) is 2. The van der Waals surface area contributed by atoms with Gasteiger partial charge in [0.25, 0.3) is 0 Å². The van der Waals surface area contributed by atoms with E-state index < -0.39 is 0 Å². The lowest BCUT2D eigenvalue weighted by Crippen LogP contribution is -2.37. The van der Waals surface area contributed by atoms with Crippen LogP contribution in [0.25, 0.3) is 0 Å². The summed E-state index contributed by atoms with van der Waals surface area (Å²) in [6, 6.07) is 17.0. The Morgan fingerprint density at radius 3 is 2.50 bits per heavy atom. The van der Waals surface area contributed by atoms with E-state index in [1.807, 2.05) is 61.5 Å². The summed E-state index contributed by atoms with van der Waals surface area (Å²) in [6.07, 6.45) is 2.41. The van der Waals surface area contributed by atoms with Crippen molar-refractivity contribution in [1.82, 2.24) is 5.32 Å². The Labute approximate surface area is 130 Å². The van der Waals surface area contributed by atoms with Crippen molar-refractivity contribution in [3.05, 3.63) is 54.6 Å². The molecular weight excluding hydrogens is 276 g/mol. The number of hydrogen-bond acceptors (Lipinski definition) is 2. The number of nitrogens with one attached hydrogen (secondary N) is 2. The number of anilines is 1. The quantitative estimate of drug-likeness (QED) is 0.859. The van der Waals surface area contributed by atoms with Gasteiger partial charge in [0.05, 0.1) is 5.69 Å². The first-order chi connectivity index (χ1) is 10.7. The van der Waals surface area contributed by atoms with Crippen LogP contribution >= 0.6 is 0 Å². The average Bonchev–Trinajstić information content (AvgIpc) is 3.35. The largest absolute Gasteiger partial charge is 0.455 e. The summed E-state index contributed by atoms with van der Waals surface area (Å²) < 4.78 is 5.83. The lowest BCUT2D eigenvalue weighted by Gasteiger charge is -2.16. The van der Waals surface area contributed by atoms with Gasteiger partial charge in [-0.05, 0) is 49.9 Å². The molecule has 1 saturated carbocycles. The molecule has 4 heteroatoms. The smallest absolute Gasteiger partial charge is 0.319 e. The van der Waals surface area contributed by atoms with Crippen LogP contribution in [0, 0.1) is 5.92 Å². The molecule has 2 aromatic rings. The second-order valence-electron chi connectivity index (χ2n) is 5.64. The monoisotopic (exact) mass is 296 g/mol. The van der Waals surface area contributed by atoms with Crippen LogP contribution in [-0.2, 0) is 0 Å². The van der Waals surface area contributed by atoms with Crippen LogP contribution in [0.15, 0.2) is 54.6 Å². The molecule has 22 heavy (non-hydrogen) atoms. The number of ether oxygens (including phenoxy) is 1. The van der Waals surface area contributed by atoms with Crippen LogP contribution < -0.4 is 15.4 Å². The number of amides is 2. The predicted molar refractivity (Wildman–Crippen MR) is 87.3 cm³/mol. The third kappa shape index (κ3) is 3.79. The van der Waals surface area contributed by atoms with E-state index >= 15 is 0 Å². The number of carbonyl (C=O) groups is 1. The summed E-state index contributed by atoms with van der Waals surface area (Å²) in [7, 11) is 0. The van der Waals surface area contributed by atoms with Gasteiger partial charge in [0.1, 0.15) is 5.75 Å². The van der Waals surface area contributed by atoms with Crippen molar-refractivity contribution >= 4 is 11.7 Å². The molecule has 114 valence electrons. The van der Waals surface area contributed by atoms with E-state index in [4.69, 9.17) is 4.74 Å². The second kappa shape index (κ2) is 6.52. The minimum Gasteiger partial charge on any atom is -0.455 e. The zero-order chi connectivity index (χ0) is 15.4.